The number of carbonyl (C=O) groups is 1. The number of hydrogen-bond acceptors (Lipinski definition) is 3. The van der Waals surface area contributed by atoms with E-state index in [9.17, 15) is 4.79 Å². The van der Waals surface area contributed by atoms with Crippen molar-refractivity contribution < 1.29 is 4.79 Å². The molecule has 1 unspecified atom stereocenters. The van der Waals surface area contributed by atoms with E-state index >= 15 is 0 Å². The van der Waals surface area contributed by atoms with Gasteiger partial charge in [-0.25, -0.2) is 0 Å². The van der Waals surface area contributed by atoms with Gasteiger partial charge in [-0.2, -0.15) is 0 Å². The highest BCUT2D eigenvalue weighted by Crippen LogP contribution is 2.20. The van der Waals surface area contributed by atoms with Crippen LogP contribution in [-0.4, -0.2) is 54.3 Å². The van der Waals surface area contributed by atoms with E-state index in [1.807, 2.05) is 0 Å². The van der Waals surface area contributed by atoms with Gasteiger partial charge in [-0.3, -0.25) is 9.69 Å². The van der Waals surface area contributed by atoms with Crippen molar-refractivity contribution in [2.24, 2.45) is 0 Å². The second-order valence-electron chi connectivity index (χ2n) is 5.64. The molecule has 1 atom stereocenters. The van der Waals surface area contributed by atoms with Crippen LogP contribution in [0.2, 0.25) is 0 Å². The maximum Gasteiger partial charge on any atom is 0.131 e. The number of rotatable bonds is 5. The molecule has 0 aliphatic carbocycles. The second-order valence-corrected chi connectivity index (χ2v) is 5.64. The number of Topliss-reactive ketones (excluding diaryl/α,β-unsaturated/α-hetero) is 1. The Balaban J connectivity index is 1.71. The monoisotopic (exact) mass is 238 g/mol. The molecule has 0 spiro atoms. The van der Waals surface area contributed by atoms with Crippen LogP contribution in [0.15, 0.2) is 0 Å². The van der Waals surface area contributed by atoms with Crippen molar-refractivity contribution in [2.45, 2.75) is 51.5 Å². The fourth-order valence-electron chi connectivity index (χ4n) is 3.21. The first-order chi connectivity index (χ1) is 8.25. The van der Waals surface area contributed by atoms with Crippen molar-refractivity contribution in [2.75, 3.05) is 32.7 Å². The van der Waals surface area contributed by atoms with Crippen LogP contribution in [-0.2, 0) is 4.79 Å². The van der Waals surface area contributed by atoms with Gasteiger partial charge in [0, 0.05) is 25.6 Å². The van der Waals surface area contributed by atoms with Crippen LogP contribution < -0.4 is 0 Å². The van der Waals surface area contributed by atoms with E-state index < -0.39 is 0 Å². The van der Waals surface area contributed by atoms with Crippen LogP contribution in [0.25, 0.3) is 0 Å². The zero-order valence-electron chi connectivity index (χ0n) is 11.2. The van der Waals surface area contributed by atoms with Gasteiger partial charge in [0.1, 0.15) is 5.78 Å². The van der Waals surface area contributed by atoms with Gasteiger partial charge in [0.2, 0.25) is 0 Å². The highest BCUT2D eigenvalue weighted by molar-refractivity contribution is 5.76. The Morgan fingerprint density at radius 1 is 1.06 bits per heavy atom. The molecule has 0 amide bonds. The van der Waals surface area contributed by atoms with Crippen molar-refractivity contribution in [3.63, 3.8) is 0 Å². The maximum atomic E-state index is 11.2. The molecule has 2 aliphatic heterocycles. The van der Waals surface area contributed by atoms with Gasteiger partial charge in [0.05, 0.1) is 0 Å². The summed E-state index contributed by atoms with van der Waals surface area (Å²) in [6.45, 7) is 7.86. The van der Waals surface area contributed by atoms with E-state index in [-0.39, 0.29) is 0 Å². The SMILES string of the molecule is CC(=O)CC1CCCN1CCN1CCCCC1. The fourth-order valence-corrected chi connectivity index (χ4v) is 3.21. The van der Waals surface area contributed by atoms with Gasteiger partial charge < -0.3 is 4.90 Å². The van der Waals surface area contributed by atoms with Crippen molar-refractivity contribution in [3.05, 3.63) is 0 Å². The zero-order chi connectivity index (χ0) is 12.1. The van der Waals surface area contributed by atoms with Gasteiger partial charge in [-0.1, -0.05) is 6.42 Å². The van der Waals surface area contributed by atoms with Crippen molar-refractivity contribution in [1.82, 2.24) is 9.80 Å². The molecule has 2 saturated heterocycles. The van der Waals surface area contributed by atoms with Crippen molar-refractivity contribution >= 4 is 5.78 Å². The molecule has 2 rings (SSSR count). The molecule has 2 fully saturated rings. The molecule has 2 heterocycles. The molecule has 3 heteroatoms. The molecule has 0 saturated carbocycles. The first-order valence-corrected chi connectivity index (χ1v) is 7.21. The van der Waals surface area contributed by atoms with Gasteiger partial charge in [0.15, 0.2) is 0 Å². The van der Waals surface area contributed by atoms with E-state index in [0.717, 1.165) is 13.0 Å². The number of piperidine rings is 1. The van der Waals surface area contributed by atoms with Gasteiger partial charge in [0.25, 0.3) is 0 Å². The Labute approximate surface area is 105 Å². The minimum absolute atomic E-state index is 0.347. The normalized spacial score (nSPS) is 27.5. The lowest BCUT2D eigenvalue weighted by Gasteiger charge is -2.30. The third-order valence-electron chi connectivity index (χ3n) is 4.17. The Morgan fingerprint density at radius 2 is 1.82 bits per heavy atom. The molecule has 0 aromatic heterocycles. The number of nitrogens with zero attached hydrogens (tertiary/aromatic N) is 2. The summed E-state index contributed by atoms with van der Waals surface area (Å²) in [4.78, 5) is 16.3. The third-order valence-corrected chi connectivity index (χ3v) is 4.17. The summed E-state index contributed by atoms with van der Waals surface area (Å²) in [5.74, 6) is 0.347. The molecule has 2 aliphatic rings. The van der Waals surface area contributed by atoms with Crippen molar-refractivity contribution in [3.8, 4) is 0 Å². The molecular weight excluding hydrogens is 212 g/mol. The number of ketones is 1. The highest BCUT2D eigenvalue weighted by atomic mass is 16.1. The lowest BCUT2D eigenvalue weighted by Crippen LogP contribution is -2.40. The van der Waals surface area contributed by atoms with E-state index in [1.54, 1.807) is 6.92 Å². The molecule has 0 bridgehead atoms. The summed E-state index contributed by atoms with van der Waals surface area (Å²) in [6.07, 6.45) is 7.42. The van der Waals surface area contributed by atoms with Crippen LogP contribution in [0.3, 0.4) is 0 Å². The van der Waals surface area contributed by atoms with Crippen LogP contribution in [0.1, 0.15) is 45.4 Å². The van der Waals surface area contributed by atoms with E-state index in [0.29, 0.717) is 11.8 Å². The molecule has 0 aromatic carbocycles. The van der Waals surface area contributed by atoms with Crippen molar-refractivity contribution in [1.29, 1.82) is 0 Å². The molecule has 98 valence electrons. The predicted molar refractivity (Wildman–Crippen MR) is 70.2 cm³/mol. The summed E-state index contributed by atoms with van der Waals surface area (Å²) < 4.78 is 0. The summed E-state index contributed by atoms with van der Waals surface area (Å²) in [7, 11) is 0. The maximum absolute atomic E-state index is 11.2. The summed E-state index contributed by atoms with van der Waals surface area (Å²) >= 11 is 0. The van der Waals surface area contributed by atoms with Crippen LogP contribution in [0.5, 0.6) is 0 Å². The summed E-state index contributed by atoms with van der Waals surface area (Å²) in [5.41, 5.74) is 0. The summed E-state index contributed by atoms with van der Waals surface area (Å²) in [6, 6.07) is 0.539. The van der Waals surface area contributed by atoms with Gasteiger partial charge >= 0.3 is 0 Å². The Morgan fingerprint density at radius 3 is 2.53 bits per heavy atom. The lowest BCUT2D eigenvalue weighted by molar-refractivity contribution is -0.118. The molecule has 17 heavy (non-hydrogen) atoms. The first kappa shape index (κ1) is 13.0. The zero-order valence-corrected chi connectivity index (χ0v) is 11.2. The summed E-state index contributed by atoms with van der Waals surface area (Å²) in [5, 5.41) is 0. The molecule has 0 aromatic rings. The minimum Gasteiger partial charge on any atom is -0.302 e. The van der Waals surface area contributed by atoms with Gasteiger partial charge in [-0.15, -0.1) is 0 Å². The molecular formula is C14H26N2O. The van der Waals surface area contributed by atoms with Crippen LogP contribution in [0.4, 0.5) is 0 Å². The van der Waals surface area contributed by atoms with Gasteiger partial charge in [-0.05, 0) is 52.2 Å². The smallest absolute Gasteiger partial charge is 0.131 e. The quantitative estimate of drug-likeness (QED) is 0.731. The third kappa shape index (κ3) is 4.07. The Bertz CT molecular complexity index is 249. The number of likely N-dealkylation sites (tertiary alicyclic amines) is 2. The average molecular weight is 238 g/mol. The Hall–Kier alpha value is -0.410. The number of carbonyl (C=O) groups excluding carboxylic acids is 1. The van der Waals surface area contributed by atoms with E-state index in [1.165, 1.54) is 58.3 Å². The topological polar surface area (TPSA) is 23.6 Å². The predicted octanol–water partition coefficient (Wildman–Crippen LogP) is 1.92. The molecule has 3 nitrogen and oxygen atoms in total. The number of hydrogen-bond donors (Lipinski definition) is 0. The first-order valence-electron chi connectivity index (χ1n) is 7.21. The molecule has 0 N–H and O–H groups in total. The largest absolute Gasteiger partial charge is 0.302 e. The molecule has 0 radical (unpaired) electrons. The fraction of sp³-hybridized carbons (Fsp3) is 0.929. The van der Waals surface area contributed by atoms with Crippen LogP contribution in [0, 0.1) is 0 Å². The van der Waals surface area contributed by atoms with Crippen LogP contribution >= 0.6 is 0 Å². The minimum atomic E-state index is 0.347. The Kier molecular flexibility index (Phi) is 4.99. The average Bonchev–Trinajstić information content (AvgIpc) is 2.74. The standard InChI is InChI=1S/C14H26N2O/c1-13(17)12-14-6-5-9-16(14)11-10-15-7-3-2-4-8-15/h14H,2-12H2,1H3. The van der Waals surface area contributed by atoms with E-state index in [2.05, 4.69) is 9.80 Å². The second kappa shape index (κ2) is 6.50. The van der Waals surface area contributed by atoms with E-state index in [4.69, 9.17) is 0 Å². The highest BCUT2D eigenvalue weighted by Gasteiger charge is 2.25. The lowest BCUT2D eigenvalue weighted by atomic mass is 10.1.